The topological polar surface area (TPSA) is 37.0 Å². The van der Waals surface area contributed by atoms with Gasteiger partial charge in [-0.1, -0.05) is 53.5 Å². The van der Waals surface area contributed by atoms with E-state index in [1.54, 1.807) is 6.07 Å². The average molecular weight is 496 g/mol. The molecule has 8 heteroatoms. The number of halogens is 5. The molecule has 3 nitrogen and oxygen atoms in total. The van der Waals surface area contributed by atoms with Crippen LogP contribution in [0.15, 0.2) is 66.7 Å². The molecular weight excluding hydrogens is 470 g/mol. The largest absolute Gasteiger partial charge is 0.416 e. The minimum Gasteiger partial charge on any atom is -0.315 e. The van der Waals surface area contributed by atoms with Crippen molar-refractivity contribution in [2.45, 2.75) is 44.1 Å². The van der Waals surface area contributed by atoms with Crippen LogP contribution in [-0.4, -0.2) is 18.1 Å². The summed E-state index contributed by atoms with van der Waals surface area (Å²) in [4.78, 5) is 4.49. The maximum Gasteiger partial charge on any atom is 0.416 e. The van der Waals surface area contributed by atoms with Crippen molar-refractivity contribution in [3.63, 3.8) is 0 Å². The van der Waals surface area contributed by atoms with E-state index in [0.29, 0.717) is 23.0 Å². The second-order valence-electron chi connectivity index (χ2n) is 7.94. The first-order chi connectivity index (χ1) is 15.7. The molecule has 0 bridgehead atoms. The summed E-state index contributed by atoms with van der Waals surface area (Å²) in [5.74, 6) is 0. The van der Waals surface area contributed by atoms with E-state index in [9.17, 15) is 13.2 Å². The molecular formula is C25H26Cl2F3N3. The number of hydrogen-bond acceptors (Lipinski definition) is 3. The lowest BCUT2D eigenvalue weighted by Gasteiger charge is -2.30. The van der Waals surface area contributed by atoms with Crippen LogP contribution in [0, 0.1) is 0 Å². The van der Waals surface area contributed by atoms with Crippen molar-refractivity contribution in [2.75, 3.05) is 7.05 Å². The first kappa shape index (κ1) is 25.5. The zero-order valence-electron chi connectivity index (χ0n) is 18.3. The van der Waals surface area contributed by atoms with Gasteiger partial charge in [0.1, 0.15) is 5.15 Å². The smallest absolute Gasteiger partial charge is 0.315 e. The van der Waals surface area contributed by atoms with Gasteiger partial charge in [0.05, 0.1) is 17.3 Å². The highest BCUT2D eigenvalue weighted by atomic mass is 35.5. The Kier molecular flexibility index (Phi) is 8.76. The maximum atomic E-state index is 12.9. The first-order valence-corrected chi connectivity index (χ1v) is 11.4. The number of rotatable bonds is 9. The van der Waals surface area contributed by atoms with E-state index in [0.717, 1.165) is 29.0 Å². The molecule has 0 amide bonds. The molecule has 3 aromatic rings. The van der Waals surface area contributed by atoms with E-state index in [2.05, 4.69) is 22.5 Å². The Morgan fingerprint density at radius 3 is 2.18 bits per heavy atom. The van der Waals surface area contributed by atoms with Gasteiger partial charge in [-0.25, -0.2) is 4.98 Å². The lowest BCUT2D eigenvalue weighted by Crippen LogP contribution is -2.40. The van der Waals surface area contributed by atoms with Gasteiger partial charge in [0.25, 0.3) is 0 Å². The van der Waals surface area contributed by atoms with E-state index in [4.69, 9.17) is 23.2 Å². The van der Waals surface area contributed by atoms with Crippen LogP contribution in [0.25, 0.3) is 0 Å². The molecule has 3 rings (SSSR count). The third kappa shape index (κ3) is 7.18. The molecule has 0 fully saturated rings. The van der Waals surface area contributed by atoms with Crippen molar-refractivity contribution < 1.29 is 13.2 Å². The van der Waals surface area contributed by atoms with Crippen molar-refractivity contribution in [3.8, 4) is 0 Å². The highest BCUT2D eigenvalue weighted by Gasteiger charge is 2.30. The van der Waals surface area contributed by atoms with Crippen molar-refractivity contribution >= 4 is 23.2 Å². The molecule has 2 aromatic carbocycles. The molecule has 33 heavy (non-hydrogen) atoms. The van der Waals surface area contributed by atoms with Crippen LogP contribution in [0.1, 0.15) is 47.8 Å². The molecule has 0 aliphatic carbocycles. The number of pyridine rings is 1. The summed E-state index contributed by atoms with van der Waals surface area (Å²) in [5.41, 5.74) is 2.00. The van der Waals surface area contributed by atoms with Crippen LogP contribution in [0.3, 0.4) is 0 Å². The fourth-order valence-corrected chi connectivity index (χ4v) is 3.99. The molecule has 1 unspecified atom stereocenters. The summed E-state index contributed by atoms with van der Waals surface area (Å²) in [7, 11) is 1.89. The normalized spacial score (nSPS) is 14.6. The van der Waals surface area contributed by atoms with Crippen molar-refractivity contribution in [2.24, 2.45) is 0 Å². The maximum absolute atomic E-state index is 12.9. The van der Waals surface area contributed by atoms with Crippen LogP contribution < -0.4 is 10.6 Å². The second kappa shape index (κ2) is 11.3. The minimum atomic E-state index is -4.34. The number of benzene rings is 2. The van der Waals surface area contributed by atoms with Gasteiger partial charge in [0, 0.05) is 17.1 Å². The highest BCUT2D eigenvalue weighted by Crippen LogP contribution is 2.30. The Hall–Kier alpha value is -2.12. The molecule has 0 radical (unpaired) electrons. The predicted octanol–water partition coefficient (Wildman–Crippen LogP) is 7.02. The summed E-state index contributed by atoms with van der Waals surface area (Å²) in [6.07, 6.45) is -3.15. The number of nitrogens with zero attached hydrogens (tertiary/aromatic N) is 1. The fraction of sp³-hybridized carbons (Fsp3) is 0.320. The predicted molar refractivity (Wildman–Crippen MR) is 128 cm³/mol. The number of nitrogens with one attached hydrogen (secondary N) is 2. The summed E-state index contributed by atoms with van der Waals surface area (Å²) in [6, 6.07) is 18.2. The third-order valence-electron chi connectivity index (χ3n) is 5.66. The summed E-state index contributed by atoms with van der Waals surface area (Å²) >= 11 is 12.2. The number of aryl methyl sites for hydroxylation is 1. The average Bonchev–Trinajstić information content (AvgIpc) is 2.79. The van der Waals surface area contributed by atoms with Crippen molar-refractivity contribution in [1.29, 1.82) is 0 Å². The van der Waals surface area contributed by atoms with Gasteiger partial charge >= 0.3 is 6.18 Å². The molecule has 176 valence electrons. The lowest BCUT2D eigenvalue weighted by molar-refractivity contribution is -0.137. The van der Waals surface area contributed by atoms with E-state index in [-0.39, 0.29) is 18.1 Å². The van der Waals surface area contributed by atoms with Crippen LogP contribution in [0.2, 0.25) is 10.2 Å². The van der Waals surface area contributed by atoms with Crippen molar-refractivity contribution in [3.05, 3.63) is 99.3 Å². The standard InChI is InChI=1S/C25H26Cl2F3N3/c1-16(31-2)24(18-9-13-20(26)14-10-18)33-22(21-4-3-5-23(27)32-21)15-8-17-6-11-19(12-7-17)25(28,29)30/h3-7,9-14,16,22,24,31,33H,8,15H2,1-2H3/t16?,22-,24-/m0/s1. The molecule has 0 aliphatic rings. The van der Waals surface area contributed by atoms with E-state index < -0.39 is 11.7 Å². The number of likely N-dealkylation sites (N-methyl/N-ethyl adjacent to an activating group) is 1. The highest BCUT2D eigenvalue weighted by molar-refractivity contribution is 6.30. The van der Waals surface area contributed by atoms with Gasteiger partial charge in [-0.2, -0.15) is 13.2 Å². The molecule has 2 N–H and O–H groups in total. The van der Waals surface area contributed by atoms with Gasteiger partial charge in [0.15, 0.2) is 0 Å². The fourth-order valence-electron chi connectivity index (χ4n) is 3.69. The van der Waals surface area contributed by atoms with Gasteiger partial charge in [-0.15, -0.1) is 0 Å². The molecule has 3 atom stereocenters. The van der Waals surface area contributed by atoms with Crippen LogP contribution in [-0.2, 0) is 12.6 Å². The Balaban J connectivity index is 1.85. The van der Waals surface area contributed by atoms with Crippen LogP contribution in [0.5, 0.6) is 0 Å². The number of aromatic nitrogens is 1. The Morgan fingerprint density at radius 2 is 1.61 bits per heavy atom. The van der Waals surface area contributed by atoms with Gasteiger partial charge in [-0.05, 0) is 74.3 Å². The Morgan fingerprint density at radius 1 is 0.939 bits per heavy atom. The summed E-state index contributed by atoms with van der Waals surface area (Å²) in [6.45, 7) is 2.07. The zero-order chi connectivity index (χ0) is 24.0. The Bertz CT molecular complexity index is 1020. The van der Waals surface area contributed by atoms with Gasteiger partial charge in [-0.3, -0.25) is 0 Å². The van der Waals surface area contributed by atoms with Crippen LogP contribution >= 0.6 is 23.2 Å². The molecule has 0 saturated heterocycles. The van der Waals surface area contributed by atoms with Gasteiger partial charge < -0.3 is 10.6 Å². The number of hydrogen-bond donors (Lipinski definition) is 2. The molecule has 1 heterocycles. The minimum absolute atomic E-state index is 0.0642. The summed E-state index contributed by atoms with van der Waals surface area (Å²) in [5, 5.41) is 8.02. The van der Waals surface area contributed by atoms with E-state index in [1.165, 1.54) is 12.1 Å². The van der Waals surface area contributed by atoms with E-state index in [1.807, 2.05) is 43.4 Å². The van der Waals surface area contributed by atoms with Crippen molar-refractivity contribution in [1.82, 2.24) is 15.6 Å². The monoisotopic (exact) mass is 495 g/mol. The zero-order valence-corrected chi connectivity index (χ0v) is 19.8. The second-order valence-corrected chi connectivity index (χ2v) is 8.77. The molecule has 0 aliphatic heterocycles. The van der Waals surface area contributed by atoms with Crippen LogP contribution in [0.4, 0.5) is 13.2 Å². The quantitative estimate of drug-likeness (QED) is 0.313. The summed E-state index contributed by atoms with van der Waals surface area (Å²) < 4.78 is 38.7. The Labute approximate surface area is 202 Å². The van der Waals surface area contributed by atoms with Gasteiger partial charge in [0.2, 0.25) is 0 Å². The molecule has 0 saturated carbocycles. The first-order valence-electron chi connectivity index (χ1n) is 10.6. The van der Waals surface area contributed by atoms with E-state index >= 15 is 0 Å². The lowest BCUT2D eigenvalue weighted by atomic mass is 9.96. The SMILES string of the molecule is CNC(C)[C@H](N[C@@H](CCc1ccc(C(F)(F)F)cc1)c1cccc(Cl)n1)c1ccc(Cl)cc1. The number of alkyl halides is 3. The molecule has 1 aromatic heterocycles. The third-order valence-corrected chi connectivity index (χ3v) is 6.12. The molecule has 0 spiro atoms.